The highest BCUT2D eigenvalue weighted by atomic mass is 19.1. The van der Waals surface area contributed by atoms with Crippen LogP contribution in [0.3, 0.4) is 0 Å². The van der Waals surface area contributed by atoms with Gasteiger partial charge in [-0.2, -0.15) is 5.26 Å². The molecule has 0 saturated carbocycles. The van der Waals surface area contributed by atoms with Gasteiger partial charge in [0.2, 0.25) is 0 Å². The molecular formula is C12H11FN2O3. The molecule has 1 unspecified atom stereocenters. The van der Waals surface area contributed by atoms with Crippen molar-refractivity contribution in [2.45, 2.75) is 6.10 Å². The van der Waals surface area contributed by atoms with Gasteiger partial charge in [-0.15, -0.1) is 0 Å². The maximum atomic E-state index is 13.3. The normalized spacial score (nSPS) is 19.0. The number of rotatable bonds is 2. The summed E-state index contributed by atoms with van der Waals surface area (Å²) in [6.45, 7) is 0.947. The number of nitriles is 1. The number of benzene rings is 1. The van der Waals surface area contributed by atoms with Crippen molar-refractivity contribution in [3.05, 3.63) is 29.6 Å². The van der Waals surface area contributed by atoms with Gasteiger partial charge in [0.25, 0.3) is 5.91 Å². The highest BCUT2D eigenvalue weighted by molar-refractivity contribution is 5.95. The van der Waals surface area contributed by atoms with E-state index in [4.69, 9.17) is 14.7 Å². The molecule has 1 aliphatic heterocycles. The molecule has 94 valence electrons. The minimum absolute atomic E-state index is 0.136. The first kappa shape index (κ1) is 12.5. The number of halogens is 1. The molecule has 0 bridgehead atoms. The molecule has 2 rings (SSSR count). The van der Waals surface area contributed by atoms with Gasteiger partial charge in [-0.25, -0.2) is 4.39 Å². The Bertz CT molecular complexity index is 493. The van der Waals surface area contributed by atoms with E-state index in [1.807, 2.05) is 0 Å². The maximum absolute atomic E-state index is 13.3. The van der Waals surface area contributed by atoms with Crippen LogP contribution in [0.1, 0.15) is 5.56 Å². The molecule has 18 heavy (non-hydrogen) atoms. The Morgan fingerprint density at radius 2 is 2.33 bits per heavy atom. The summed E-state index contributed by atoms with van der Waals surface area (Å²) in [4.78, 5) is 11.8. The van der Waals surface area contributed by atoms with Crippen LogP contribution in [0.2, 0.25) is 0 Å². The van der Waals surface area contributed by atoms with E-state index < -0.39 is 17.8 Å². The fraction of sp³-hybridized carbons (Fsp3) is 0.333. The van der Waals surface area contributed by atoms with Crippen LogP contribution in [0.25, 0.3) is 0 Å². The second-order valence-corrected chi connectivity index (χ2v) is 3.70. The molecular weight excluding hydrogens is 239 g/mol. The number of ether oxygens (including phenoxy) is 2. The Hall–Kier alpha value is -1.97. The molecule has 1 saturated heterocycles. The predicted molar refractivity (Wildman–Crippen MR) is 60.3 cm³/mol. The van der Waals surface area contributed by atoms with Gasteiger partial charge < -0.3 is 14.8 Å². The van der Waals surface area contributed by atoms with Gasteiger partial charge >= 0.3 is 0 Å². The second kappa shape index (κ2) is 5.58. The maximum Gasteiger partial charge on any atom is 0.255 e. The van der Waals surface area contributed by atoms with Crippen molar-refractivity contribution in [3.8, 4) is 6.07 Å². The number of carbonyl (C=O) groups excluding carboxylic acids is 1. The summed E-state index contributed by atoms with van der Waals surface area (Å²) in [6, 6.07) is 5.75. The third-order valence-corrected chi connectivity index (χ3v) is 2.49. The van der Waals surface area contributed by atoms with E-state index in [9.17, 15) is 9.18 Å². The van der Waals surface area contributed by atoms with Gasteiger partial charge in [-0.3, -0.25) is 4.79 Å². The molecule has 0 aliphatic carbocycles. The Balaban J connectivity index is 2.12. The number of hydrogen-bond donors (Lipinski definition) is 1. The van der Waals surface area contributed by atoms with E-state index in [0.717, 1.165) is 6.07 Å². The summed E-state index contributed by atoms with van der Waals surface area (Å²) in [7, 11) is 0. The van der Waals surface area contributed by atoms with Crippen molar-refractivity contribution in [1.82, 2.24) is 0 Å². The topological polar surface area (TPSA) is 71.4 Å². The van der Waals surface area contributed by atoms with E-state index in [1.54, 1.807) is 6.07 Å². The summed E-state index contributed by atoms with van der Waals surface area (Å²) in [5.41, 5.74) is -0.0562. The monoisotopic (exact) mass is 250 g/mol. The average Bonchev–Trinajstić information content (AvgIpc) is 2.40. The summed E-state index contributed by atoms with van der Waals surface area (Å²) >= 11 is 0. The lowest BCUT2D eigenvalue weighted by atomic mass is 10.1. The zero-order chi connectivity index (χ0) is 13.0. The molecule has 1 atom stereocenters. The highest BCUT2D eigenvalue weighted by Crippen LogP contribution is 2.18. The standard InChI is InChI=1S/C12H11FN2O3/c13-9-2-1-3-10(8(9)6-14)15-12(16)11-7-17-4-5-18-11/h1-3,11H,4-5,7H2,(H,15,16). The van der Waals surface area contributed by atoms with Gasteiger partial charge in [-0.05, 0) is 12.1 Å². The van der Waals surface area contributed by atoms with Crippen molar-refractivity contribution in [3.63, 3.8) is 0 Å². The fourth-order valence-electron chi connectivity index (χ4n) is 1.59. The number of carbonyl (C=O) groups is 1. The number of amides is 1. The predicted octanol–water partition coefficient (Wildman–Crippen LogP) is 1.05. The molecule has 0 aromatic heterocycles. The molecule has 1 aromatic rings. The van der Waals surface area contributed by atoms with E-state index in [0.29, 0.717) is 13.2 Å². The van der Waals surface area contributed by atoms with Crippen molar-refractivity contribution in [2.24, 2.45) is 0 Å². The lowest BCUT2D eigenvalue weighted by Crippen LogP contribution is -2.39. The lowest BCUT2D eigenvalue weighted by Gasteiger charge is -2.22. The molecule has 0 radical (unpaired) electrons. The smallest absolute Gasteiger partial charge is 0.255 e. The first-order valence-corrected chi connectivity index (χ1v) is 5.41. The molecule has 1 aliphatic rings. The summed E-state index contributed by atoms with van der Waals surface area (Å²) in [6.07, 6.45) is -0.728. The van der Waals surface area contributed by atoms with Crippen LogP contribution in [-0.4, -0.2) is 31.8 Å². The highest BCUT2D eigenvalue weighted by Gasteiger charge is 2.23. The number of hydrogen-bond acceptors (Lipinski definition) is 4. The molecule has 1 amide bonds. The Morgan fingerprint density at radius 1 is 1.50 bits per heavy atom. The van der Waals surface area contributed by atoms with Crippen molar-refractivity contribution < 1.29 is 18.7 Å². The van der Waals surface area contributed by atoms with Crippen LogP contribution in [0.4, 0.5) is 10.1 Å². The van der Waals surface area contributed by atoms with Gasteiger partial charge in [0, 0.05) is 0 Å². The molecule has 1 aromatic carbocycles. The van der Waals surface area contributed by atoms with Gasteiger partial charge in [0.1, 0.15) is 17.4 Å². The molecule has 1 fully saturated rings. The summed E-state index contributed by atoms with van der Waals surface area (Å²) < 4.78 is 23.6. The van der Waals surface area contributed by atoms with Gasteiger partial charge in [-0.1, -0.05) is 6.07 Å². The van der Waals surface area contributed by atoms with Crippen LogP contribution < -0.4 is 5.32 Å². The third kappa shape index (κ3) is 2.64. The number of anilines is 1. The van der Waals surface area contributed by atoms with E-state index in [2.05, 4.69) is 5.32 Å². The largest absolute Gasteiger partial charge is 0.376 e. The van der Waals surface area contributed by atoms with Crippen LogP contribution in [0, 0.1) is 17.1 Å². The van der Waals surface area contributed by atoms with E-state index >= 15 is 0 Å². The number of nitrogens with zero attached hydrogens (tertiary/aromatic N) is 1. The molecule has 0 spiro atoms. The minimum Gasteiger partial charge on any atom is -0.376 e. The summed E-state index contributed by atoms with van der Waals surface area (Å²) in [5, 5.41) is 11.3. The van der Waals surface area contributed by atoms with Gasteiger partial charge in [0.05, 0.1) is 25.5 Å². The van der Waals surface area contributed by atoms with Crippen LogP contribution >= 0.6 is 0 Å². The van der Waals surface area contributed by atoms with Crippen LogP contribution in [0.15, 0.2) is 18.2 Å². The third-order valence-electron chi connectivity index (χ3n) is 2.49. The Kier molecular flexibility index (Phi) is 3.87. The first-order valence-electron chi connectivity index (χ1n) is 5.41. The van der Waals surface area contributed by atoms with E-state index in [-0.39, 0.29) is 17.9 Å². The van der Waals surface area contributed by atoms with Crippen molar-refractivity contribution in [1.29, 1.82) is 5.26 Å². The average molecular weight is 250 g/mol. The van der Waals surface area contributed by atoms with Crippen LogP contribution in [-0.2, 0) is 14.3 Å². The van der Waals surface area contributed by atoms with Crippen molar-refractivity contribution in [2.75, 3.05) is 25.1 Å². The quantitative estimate of drug-likeness (QED) is 0.851. The molecule has 5 nitrogen and oxygen atoms in total. The lowest BCUT2D eigenvalue weighted by molar-refractivity contribution is -0.142. The minimum atomic E-state index is -0.728. The Morgan fingerprint density at radius 3 is 3.00 bits per heavy atom. The molecule has 6 heteroatoms. The van der Waals surface area contributed by atoms with Crippen LogP contribution in [0.5, 0.6) is 0 Å². The van der Waals surface area contributed by atoms with E-state index in [1.165, 1.54) is 12.1 Å². The zero-order valence-electron chi connectivity index (χ0n) is 9.48. The second-order valence-electron chi connectivity index (χ2n) is 3.70. The Labute approximate surface area is 103 Å². The van der Waals surface area contributed by atoms with Crippen molar-refractivity contribution >= 4 is 11.6 Å². The zero-order valence-corrected chi connectivity index (χ0v) is 9.48. The first-order chi connectivity index (χ1) is 8.72. The molecule has 1 heterocycles. The fourth-order valence-corrected chi connectivity index (χ4v) is 1.59. The summed E-state index contributed by atoms with van der Waals surface area (Å²) in [5.74, 6) is -1.12. The number of nitrogens with one attached hydrogen (secondary N) is 1. The van der Waals surface area contributed by atoms with Gasteiger partial charge in [0.15, 0.2) is 6.10 Å². The SMILES string of the molecule is N#Cc1c(F)cccc1NC(=O)C1COCCO1. The molecule has 1 N–H and O–H groups in total.